The van der Waals surface area contributed by atoms with Gasteiger partial charge in [-0.05, 0) is 42.7 Å². The molecule has 1 nitrogen and oxygen atoms in total. The molecule has 0 saturated heterocycles. The standard InChI is InChI=1S/C16H15BrFNS/c17-14-9-13(20-16-4-2-1-3-15(16)18)8-5-11(14)10-19-12-6-7-12/h1-5,8-9,12,19H,6-7,10H2. The lowest BCUT2D eigenvalue weighted by molar-refractivity contribution is 0.602. The Morgan fingerprint density at radius 3 is 2.70 bits per heavy atom. The molecule has 4 heteroatoms. The predicted octanol–water partition coefficient (Wildman–Crippen LogP) is 4.99. The van der Waals surface area contributed by atoms with E-state index in [1.807, 2.05) is 12.1 Å². The molecule has 0 amide bonds. The first-order valence-corrected chi connectivity index (χ1v) is 8.27. The molecule has 2 aromatic carbocycles. The Bertz CT molecular complexity index is 613. The van der Waals surface area contributed by atoms with Crippen molar-refractivity contribution in [2.75, 3.05) is 0 Å². The molecule has 0 unspecified atom stereocenters. The number of halogens is 2. The summed E-state index contributed by atoms with van der Waals surface area (Å²) in [5.41, 5.74) is 1.25. The number of hydrogen-bond acceptors (Lipinski definition) is 2. The molecule has 3 rings (SSSR count). The van der Waals surface area contributed by atoms with Gasteiger partial charge in [-0.25, -0.2) is 4.39 Å². The van der Waals surface area contributed by atoms with E-state index in [-0.39, 0.29) is 5.82 Å². The van der Waals surface area contributed by atoms with Crippen LogP contribution in [0.3, 0.4) is 0 Å². The van der Waals surface area contributed by atoms with Crippen molar-refractivity contribution < 1.29 is 4.39 Å². The molecule has 20 heavy (non-hydrogen) atoms. The zero-order valence-electron chi connectivity index (χ0n) is 10.9. The van der Waals surface area contributed by atoms with Gasteiger partial charge in [0.25, 0.3) is 0 Å². The van der Waals surface area contributed by atoms with Gasteiger partial charge in [-0.1, -0.05) is 45.9 Å². The Hall–Kier alpha value is -0.840. The fourth-order valence-electron chi connectivity index (χ4n) is 1.93. The average Bonchev–Trinajstić information content (AvgIpc) is 3.25. The molecule has 0 bridgehead atoms. The fourth-order valence-corrected chi connectivity index (χ4v) is 3.48. The van der Waals surface area contributed by atoms with Crippen LogP contribution in [-0.4, -0.2) is 6.04 Å². The molecule has 0 atom stereocenters. The van der Waals surface area contributed by atoms with Gasteiger partial charge in [-0.15, -0.1) is 0 Å². The lowest BCUT2D eigenvalue weighted by Crippen LogP contribution is -2.15. The van der Waals surface area contributed by atoms with Crippen LogP contribution in [0.2, 0.25) is 0 Å². The lowest BCUT2D eigenvalue weighted by Gasteiger charge is -2.08. The summed E-state index contributed by atoms with van der Waals surface area (Å²) >= 11 is 5.05. The third-order valence-corrected chi connectivity index (χ3v) is 5.03. The van der Waals surface area contributed by atoms with Crippen LogP contribution in [0.1, 0.15) is 18.4 Å². The van der Waals surface area contributed by atoms with Crippen LogP contribution in [0.15, 0.2) is 56.7 Å². The largest absolute Gasteiger partial charge is 0.310 e. The van der Waals surface area contributed by atoms with Gasteiger partial charge in [0.2, 0.25) is 0 Å². The monoisotopic (exact) mass is 351 g/mol. The second kappa shape index (κ2) is 6.29. The summed E-state index contributed by atoms with van der Waals surface area (Å²) in [6, 6.07) is 13.8. The van der Waals surface area contributed by atoms with Crippen molar-refractivity contribution in [1.82, 2.24) is 5.32 Å². The van der Waals surface area contributed by atoms with Crippen LogP contribution in [0.4, 0.5) is 4.39 Å². The first kappa shape index (κ1) is 14.1. The lowest BCUT2D eigenvalue weighted by atomic mass is 10.2. The van der Waals surface area contributed by atoms with Crippen molar-refractivity contribution in [2.45, 2.75) is 35.2 Å². The van der Waals surface area contributed by atoms with Crippen LogP contribution >= 0.6 is 27.7 Å². The minimum atomic E-state index is -0.173. The minimum absolute atomic E-state index is 0.173. The number of rotatable bonds is 5. The Kier molecular flexibility index (Phi) is 4.44. The highest BCUT2D eigenvalue weighted by molar-refractivity contribution is 9.10. The summed E-state index contributed by atoms with van der Waals surface area (Å²) in [5, 5.41) is 3.50. The molecular weight excluding hydrogens is 337 g/mol. The summed E-state index contributed by atoms with van der Waals surface area (Å²) in [6.45, 7) is 0.885. The van der Waals surface area contributed by atoms with Gasteiger partial charge in [0, 0.05) is 26.9 Å². The van der Waals surface area contributed by atoms with Gasteiger partial charge in [0.05, 0.1) is 0 Å². The molecular formula is C16H15BrFNS. The molecule has 1 N–H and O–H groups in total. The van der Waals surface area contributed by atoms with Gasteiger partial charge in [-0.3, -0.25) is 0 Å². The maximum Gasteiger partial charge on any atom is 0.137 e. The molecule has 0 aromatic heterocycles. The van der Waals surface area contributed by atoms with Crippen molar-refractivity contribution in [3.63, 3.8) is 0 Å². The highest BCUT2D eigenvalue weighted by Gasteiger charge is 2.20. The third kappa shape index (κ3) is 3.62. The van der Waals surface area contributed by atoms with Crippen LogP contribution in [0.25, 0.3) is 0 Å². The van der Waals surface area contributed by atoms with E-state index < -0.39 is 0 Å². The van der Waals surface area contributed by atoms with E-state index in [1.54, 1.807) is 12.1 Å². The molecule has 0 radical (unpaired) electrons. The zero-order chi connectivity index (χ0) is 13.9. The van der Waals surface area contributed by atoms with E-state index in [0.29, 0.717) is 10.9 Å². The smallest absolute Gasteiger partial charge is 0.137 e. The summed E-state index contributed by atoms with van der Waals surface area (Å²) in [4.78, 5) is 1.69. The SMILES string of the molecule is Fc1ccccc1Sc1ccc(CNC2CC2)c(Br)c1. The van der Waals surface area contributed by atoms with Gasteiger partial charge >= 0.3 is 0 Å². The van der Waals surface area contributed by atoms with E-state index in [9.17, 15) is 4.39 Å². The van der Waals surface area contributed by atoms with Crippen LogP contribution in [0, 0.1) is 5.82 Å². The second-order valence-electron chi connectivity index (χ2n) is 4.94. The first-order valence-electron chi connectivity index (χ1n) is 6.66. The minimum Gasteiger partial charge on any atom is -0.310 e. The molecule has 1 saturated carbocycles. The van der Waals surface area contributed by atoms with Gasteiger partial charge in [-0.2, -0.15) is 0 Å². The number of hydrogen-bond donors (Lipinski definition) is 1. The molecule has 1 aliphatic rings. The van der Waals surface area contributed by atoms with E-state index >= 15 is 0 Å². The van der Waals surface area contributed by atoms with Crippen LogP contribution < -0.4 is 5.32 Å². The predicted molar refractivity (Wildman–Crippen MR) is 84.5 cm³/mol. The van der Waals surface area contributed by atoms with E-state index in [1.165, 1.54) is 36.2 Å². The number of nitrogens with one attached hydrogen (secondary N) is 1. The van der Waals surface area contributed by atoms with Crippen molar-refractivity contribution in [1.29, 1.82) is 0 Å². The second-order valence-corrected chi connectivity index (χ2v) is 6.91. The molecule has 1 aliphatic carbocycles. The van der Waals surface area contributed by atoms with E-state index in [2.05, 4.69) is 33.4 Å². The number of benzene rings is 2. The van der Waals surface area contributed by atoms with Crippen molar-refractivity contribution in [3.8, 4) is 0 Å². The maximum atomic E-state index is 13.6. The summed E-state index contributed by atoms with van der Waals surface area (Å²) in [5.74, 6) is -0.173. The summed E-state index contributed by atoms with van der Waals surface area (Å²) in [7, 11) is 0. The Labute approximate surface area is 131 Å². The fraction of sp³-hybridized carbons (Fsp3) is 0.250. The molecule has 1 fully saturated rings. The molecule has 0 aliphatic heterocycles. The third-order valence-electron chi connectivity index (χ3n) is 3.25. The van der Waals surface area contributed by atoms with Gasteiger partial charge in [0.1, 0.15) is 5.82 Å². The Morgan fingerprint density at radius 1 is 1.20 bits per heavy atom. The van der Waals surface area contributed by atoms with Gasteiger partial charge in [0.15, 0.2) is 0 Å². The quantitative estimate of drug-likeness (QED) is 0.814. The molecule has 104 valence electrons. The topological polar surface area (TPSA) is 12.0 Å². The van der Waals surface area contributed by atoms with Crippen LogP contribution in [-0.2, 0) is 6.54 Å². The highest BCUT2D eigenvalue weighted by Crippen LogP contribution is 2.32. The van der Waals surface area contributed by atoms with Crippen molar-refractivity contribution >= 4 is 27.7 Å². The Morgan fingerprint density at radius 2 is 2.00 bits per heavy atom. The molecule has 0 heterocycles. The molecule has 0 spiro atoms. The summed E-state index contributed by atoms with van der Waals surface area (Å²) in [6.07, 6.45) is 2.58. The normalized spacial score (nSPS) is 14.5. The first-order chi connectivity index (χ1) is 9.72. The van der Waals surface area contributed by atoms with E-state index in [4.69, 9.17) is 0 Å². The maximum absolute atomic E-state index is 13.6. The van der Waals surface area contributed by atoms with Crippen molar-refractivity contribution in [3.05, 3.63) is 58.3 Å². The van der Waals surface area contributed by atoms with Crippen LogP contribution in [0.5, 0.6) is 0 Å². The zero-order valence-corrected chi connectivity index (χ0v) is 13.3. The highest BCUT2D eigenvalue weighted by atomic mass is 79.9. The van der Waals surface area contributed by atoms with Gasteiger partial charge < -0.3 is 5.32 Å². The molecule has 2 aromatic rings. The summed E-state index contributed by atoms with van der Waals surface area (Å²) < 4.78 is 14.7. The van der Waals surface area contributed by atoms with Crippen molar-refractivity contribution in [2.24, 2.45) is 0 Å². The van der Waals surface area contributed by atoms with E-state index in [0.717, 1.165) is 15.9 Å². The Balaban J connectivity index is 1.71. The average molecular weight is 352 g/mol.